The summed E-state index contributed by atoms with van der Waals surface area (Å²) in [6.45, 7) is 12.6. The molecule has 2 atom stereocenters. The first-order chi connectivity index (χ1) is 15.8. The summed E-state index contributed by atoms with van der Waals surface area (Å²) in [5.74, 6) is -0.862. The fourth-order valence-corrected chi connectivity index (χ4v) is 3.46. The second kappa shape index (κ2) is 13.3. The van der Waals surface area contributed by atoms with Crippen molar-refractivity contribution in [2.45, 2.75) is 97.4 Å². The zero-order valence-electron chi connectivity index (χ0n) is 21.8. The molecule has 2 unspecified atom stereocenters. The highest BCUT2D eigenvalue weighted by molar-refractivity contribution is 5.92. The van der Waals surface area contributed by atoms with Gasteiger partial charge in [-0.25, -0.2) is 4.79 Å². The van der Waals surface area contributed by atoms with Crippen molar-refractivity contribution in [2.75, 3.05) is 13.2 Å². The van der Waals surface area contributed by atoms with Gasteiger partial charge in [0.1, 0.15) is 17.7 Å². The van der Waals surface area contributed by atoms with Crippen molar-refractivity contribution >= 4 is 17.9 Å². The summed E-state index contributed by atoms with van der Waals surface area (Å²) in [5.41, 5.74) is -0.611. The van der Waals surface area contributed by atoms with Crippen molar-refractivity contribution in [3.05, 3.63) is 35.9 Å². The van der Waals surface area contributed by atoms with E-state index in [0.717, 1.165) is 19.3 Å². The van der Waals surface area contributed by atoms with Crippen molar-refractivity contribution in [3.8, 4) is 0 Å². The SMILES string of the molecule is CCCCCCN(C(=O)C(CO)NC(=O)OC(C)(C)C)C(C(=O)NC(C)(C)C)c1ccccc1. The van der Waals surface area contributed by atoms with Crippen molar-refractivity contribution in [1.82, 2.24) is 15.5 Å². The molecular weight excluding hydrogens is 434 g/mol. The molecule has 192 valence electrons. The lowest BCUT2D eigenvalue weighted by atomic mass is 10.00. The summed E-state index contributed by atoms with van der Waals surface area (Å²) in [5, 5.41) is 15.4. The lowest BCUT2D eigenvalue weighted by Gasteiger charge is -2.35. The van der Waals surface area contributed by atoms with Crippen LogP contribution in [0.15, 0.2) is 30.3 Å². The maximum atomic E-state index is 13.6. The number of aliphatic hydroxyl groups excluding tert-OH is 1. The van der Waals surface area contributed by atoms with Gasteiger partial charge in [0, 0.05) is 12.1 Å². The van der Waals surface area contributed by atoms with E-state index >= 15 is 0 Å². The van der Waals surface area contributed by atoms with Gasteiger partial charge >= 0.3 is 6.09 Å². The molecule has 8 heteroatoms. The van der Waals surface area contributed by atoms with Crippen LogP contribution in [0, 0.1) is 0 Å². The number of rotatable bonds is 11. The van der Waals surface area contributed by atoms with Gasteiger partial charge < -0.3 is 25.4 Å². The number of amides is 3. The van der Waals surface area contributed by atoms with E-state index in [4.69, 9.17) is 4.74 Å². The number of unbranched alkanes of at least 4 members (excludes halogenated alkanes) is 3. The molecule has 0 saturated carbocycles. The van der Waals surface area contributed by atoms with Crippen molar-refractivity contribution in [1.29, 1.82) is 0 Å². The van der Waals surface area contributed by atoms with Crippen LogP contribution in [-0.4, -0.2) is 58.2 Å². The van der Waals surface area contributed by atoms with Gasteiger partial charge in [0.2, 0.25) is 11.8 Å². The summed E-state index contributed by atoms with van der Waals surface area (Å²) in [6, 6.07) is 6.92. The van der Waals surface area contributed by atoms with Crippen LogP contribution < -0.4 is 10.6 Å². The van der Waals surface area contributed by atoms with Crippen molar-refractivity contribution in [3.63, 3.8) is 0 Å². The smallest absolute Gasteiger partial charge is 0.408 e. The van der Waals surface area contributed by atoms with Gasteiger partial charge in [-0.15, -0.1) is 0 Å². The lowest BCUT2D eigenvalue weighted by Crippen LogP contribution is -2.55. The molecule has 0 aromatic heterocycles. The average molecular weight is 478 g/mol. The first-order valence-electron chi connectivity index (χ1n) is 12.1. The molecule has 1 aromatic carbocycles. The number of hydrogen-bond acceptors (Lipinski definition) is 5. The summed E-state index contributed by atoms with van der Waals surface area (Å²) >= 11 is 0. The molecule has 0 saturated heterocycles. The fourth-order valence-electron chi connectivity index (χ4n) is 3.46. The second-order valence-electron chi connectivity index (χ2n) is 10.5. The predicted octanol–water partition coefficient (Wildman–Crippen LogP) is 3.94. The summed E-state index contributed by atoms with van der Waals surface area (Å²) in [7, 11) is 0. The van der Waals surface area contributed by atoms with Crippen LogP contribution in [-0.2, 0) is 14.3 Å². The Morgan fingerprint density at radius 3 is 2.12 bits per heavy atom. The molecule has 0 aliphatic heterocycles. The molecule has 0 aliphatic carbocycles. The minimum atomic E-state index is -1.24. The molecule has 1 rings (SSSR count). The Morgan fingerprint density at radius 1 is 1.00 bits per heavy atom. The number of benzene rings is 1. The minimum Gasteiger partial charge on any atom is -0.444 e. The Hall–Kier alpha value is -2.61. The molecule has 0 heterocycles. The summed E-state index contributed by atoms with van der Waals surface area (Å²) < 4.78 is 5.26. The van der Waals surface area contributed by atoms with Gasteiger partial charge in [0.05, 0.1) is 6.61 Å². The number of alkyl carbamates (subject to hydrolysis) is 1. The number of nitrogens with one attached hydrogen (secondary N) is 2. The Morgan fingerprint density at radius 2 is 1.62 bits per heavy atom. The van der Waals surface area contributed by atoms with Crippen molar-refractivity contribution < 1.29 is 24.2 Å². The molecule has 0 bridgehead atoms. The minimum absolute atomic E-state index is 0.308. The molecular formula is C26H43N3O5. The highest BCUT2D eigenvalue weighted by atomic mass is 16.6. The first-order valence-corrected chi connectivity index (χ1v) is 12.1. The standard InChI is InChI=1S/C26H43N3O5/c1-8-9-10-14-17-29(23(32)20(18-30)27-24(33)34-26(5,6)7)21(19-15-12-11-13-16-19)22(31)28-25(2,3)4/h11-13,15-16,20-21,30H,8-10,14,17-18H2,1-7H3,(H,27,33)(H,28,31). The van der Waals surface area contributed by atoms with Crippen LogP contribution in [0.3, 0.4) is 0 Å². The van der Waals surface area contributed by atoms with Gasteiger partial charge in [-0.3, -0.25) is 9.59 Å². The van der Waals surface area contributed by atoms with Crippen molar-refractivity contribution in [2.24, 2.45) is 0 Å². The zero-order chi connectivity index (χ0) is 25.9. The molecule has 3 amide bonds. The maximum Gasteiger partial charge on any atom is 0.408 e. The Kier molecular flexibility index (Phi) is 11.5. The number of hydrogen-bond donors (Lipinski definition) is 3. The highest BCUT2D eigenvalue weighted by Gasteiger charge is 2.36. The average Bonchev–Trinajstić information content (AvgIpc) is 2.71. The van der Waals surface area contributed by atoms with Crippen LogP contribution in [0.1, 0.15) is 85.8 Å². The zero-order valence-corrected chi connectivity index (χ0v) is 21.8. The third-order valence-electron chi connectivity index (χ3n) is 4.88. The topological polar surface area (TPSA) is 108 Å². The largest absolute Gasteiger partial charge is 0.444 e. The van der Waals surface area contributed by atoms with Gasteiger partial charge in [0.15, 0.2) is 0 Å². The number of nitrogens with zero attached hydrogens (tertiary/aromatic N) is 1. The molecule has 0 spiro atoms. The molecule has 1 aromatic rings. The fraction of sp³-hybridized carbons (Fsp3) is 0.654. The van der Waals surface area contributed by atoms with Crippen LogP contribution in [0.2, 0.25) is 0 Å². The van der Waals surface area contributed by atoms with Gasteiger partial charge in [-0.2, -0.15) is 0 Å². The number of ether oxygens (including phenoxy) is 1. The van der Waals surface area contributed by atoms with Crippen LogP contribution in [0.25, 0.3) is 0 Å². The Balaban J connectivity index is 3.33. The number of carbonyl (C=O) groups is 3. The van der Waals surface area contributed by atoms with E-state index in [2.05, 4.69) is 17.6 Å². The van der Waals surface area contributed by atoms with E-state index in [1.807, 2.05) is 39.0 Å². The van der Waals surface area contributed by atoms with E-state index in [9.17, 15) is 19.5 Å². The third kappa shape index (κ3) is 10.5. The van der Waals surface area contributed by atoms with E-state index in [1.54, 1.807) is 32.9 Å². The molecule has 0 fully saturated rings. The number of aliphatic hydroxyl groups is 1. The Labute approximate surface area is 204 Å². The third-order valence-corrected chi connectivity index (χ3v) is 4.88. The normalized spacial score (nSPS) is 13.5. The van der Waals surface area contributed by atoms with E-state index in [-0.39, 0.29) is 5.91 Å². The van der Waals surface area contributed by atoms with Crippen LogP contribution in [0.5, 0.6) is 0 Å². The molecule has 0 aliphatic rings. The molecule has 3 N–H and O–H groups in total. The summed E-state index contributed by atoms with van der Waals surface area (Å²) in [6.07, 6.45) is 2.81. The number of carbonyl (C=O) groups excluding carboxylic acids is 3. The van der Waals surface area contributed by atoms with Gasteiger partial charge in [-0.05, 0) is 53.5 Å². The maximum absolute atomic E-state index is 13.6. The first kappa shape index (κ1) is 29.4. The van der Waals surface area contributed by atoms with E-state index < -0.39 is 41.8 Å². The molecule has 0 radical (unpaired) electrons. The second-order valence-corrected chi connectivity index (χ2v) is 10.5. The monoisotopic (exact) mass is 477 g/mol. The molecule has 8 nitrogen and oxygen atoms in total. The van der Waals surface area contributed by atoms with Gasteiger partial charge in [0.25, 0.3) is 0 Å². The predicted molar refractivity (Wildman–Crippen MR) is 133 cm³/mol. The molecule has 34 heavy (non-hydrogen) atoms. The van der Waals surface area contributed by atoms with E-state index in [1.165, 1.54) is 4.90 Å². The quantitative estimate of drug-likeness (QED) is 0.419. The van der Waals surface area contributed by atoms with Gasteiger partial charge in [-0.1, -0.05) is 56.5 Å². The highest BCUT2D eigenvalue weighted by Crippen LogP contribution is 2.24. The van der Waals surface area contributed by atoms with Crippen LogP contribution >= 0.6 is 0 Å². The lowest BCUT2D eigenvalue weighted by molar-refractivity contribution is -0.144. The summed E-state index contributed by atoms with van der Waals surface area (Å²) in [4.78, 5) is 40.9. The van der Waals surface area contributed by atoms with Crippen LogP contribution in [0.4, 0.5) is 4.79 Å². The Bertz CT molecular complexity index is 784. The van der Waals surface area contributed by atoms with E-state index in [0.29, 0.717) is 18.5 Å².